The molecular weight excluding hydrogens is 212 g/mol. The van der Waals surface area contributed by atoms with Gasteiger partial charge in [-0.1, -0.05) is 12.8 Å². The van der Waals surface area contributed by atoms with Crippen LogP contribution < -0.4 is 5.32 Å². The molecule has 17 heavy (non-hydrogen) atoms. The summed E-state index contributed by atoms with van der Waals surface area (Å²) in [5.74, 6) is 1.03. The van der Waals surface area contributed by atoms with E-state index in [1.165, 1.54) is 38.5 Å². The second-order valence-electron chi connectivity index (χ2n) is 5.68. The fraction of sp³-hybridized carbons (Fsp3) is 0.929. The van der Waals surface area contributed by atoms with Gasteiger partial charge < -0.3 is 10.2 Å². The van der Waals surface area contributed by atoms with E-state index in [0.29, 0.717) is 17.9 Å². The predicted octanol–water partition coefficient (Wildman–Crippen LogP) is 2.17. The molecule has 1 N–H and O–H groups in total. The molecule has 0 aliphatic carbocycles. The molecule has 0 saturated carbocycles. The van der Waals surface area contributed by atoms with Crippen molar-refractivity contribution in [2.75, 3.05) is 19.6 Å². The molecule has 2 aliphatic heterocycles. The number of carbonyl (C=O) groups is 1. The zero-order valence-electron chi connectivity index (χ0n) is 11.1. The van der Waals surface area contributed by atoms with Gasteiger partial charge in [0.15, 0.2) is 0 Å². The zero-order chi connectivity index (χ0) is 12.1. The highest BCUT2D eigenvalue weighted by Gasteiger charge is 2.25. The van der Waals surface area contributed by atoms with Crippen molar-refractivity contribution in [2.45, 2.75) is 57.9 Å². The molecule has 3 nitrogen and oxygen atoms in total. The summed E-state index contributed by atoms with van der Waals surface area (Å²) >= 11 is 0. The molecule has 2 rings (SSSR count). The first-order valence-corrected chi connectivity index (χ1v) is 7.27. The number of likely N-dealkylation sites (tertiary alicyclic amines) is 1. The minimum atomic E-state index is 0.409. The third kappa shape index (κ3) is 3.70. The molecule has 0 aromatic heterocycles. The molecule has 98 valence electrons. The van der Waals surface area contributed by atoms with Crippen molar-refractivity contribution < 1.29 is 4.79 Å². The Morgan fingerprint density at radius 1 is 1.18 bits per heavy atom. The predicted molar refractivity (Wildman–Crippen MR) is 69.9 cm³/mol. The Morgan fingerprint density at radius 2 is 1.94 bits per heavy atom. The molecule has 0 aromatic rings. The summed E-state index contributed by atoms with van der Waals surface area (Å²) in [5.41, 5.74) is 0. The number of hydrogen-bond donors (Lipinski definition) is 1. The second kappa shape index (κ2) is 6.39. The van der Waals surface area contributed by atoms with Crippen molar-refractivity contribution in [2.24, 2.45) is 5.92 Å². The summed E-state index contributed by atoms with van der Waals surface area (Å²) in [6.07, 6.45) is 8.11. The Bertz CT molecular complexity index is 249. The van der Waals surface area contributed by atoms with E-state index in [1.807, 2.05) is 0 Å². The highest BCUT2D eigenvalue weighted by molar-refractivity contribution is 5.76. The maximum absolute atomic E-state index is 12.3. The van der Waals surface area contributed by atoms with Crippen LogP contribution in [0.1, 0.15) is 51.9 Å². The van der Waals surface area contributed by atoms with Crippen LogP contribution in [-0.2, 0) is 4.79 Å². The number of nitrogens with one attached hydrogen (secondary N) is 1. The first-order valence-electron chi connectivity index (χ1n) is 7.27. The van der Waals surface area contributed by atoms with Gasteiger partial charge in [0, 0.05) is 19.0 Å². The summed E-state index contributed by atoms with van der Waals surface area (Å²) in [7, 11) is 0. The van der Waals surface area contributed by atoms with Crippen LogP contribution in [0.15, 0.2) is 0 Å². The molecule has 1 unspecified atom stereocenters. The third-order valence-electron chi connectivity index (χ3n) is 4.30. The minimum Gasteiger partial charge on any atom is -0.340 e. The van der Waals surface area contributed by atoms with Crippen molar-refractivity contribution >= 4 is 5.91 Å². The SMILES string of the molecule is CC1CCCCCN1C(=O)CC1CCNCC1. The maximum Gasteiger partial charge on any atom is 0.223 e. The lowest BCUT2D eigenvalue weighted by Crippen LogP contribution is -2.40. The van der Waals surface area contributed by atoms with Crippen LogP contribution in [0.2, 0.25) is 0 Å². The molecule has 2 heterocycles. The average Bonchev–Trinajstić information content (AvgIpc) is 2.55. The Morgan fingerprint density at radius 3 is 2.71 bits per heavy atom. The quantitative estimate of drug-likeness (QED) is 0.799. The van der Waals surface area contributed by atoms with Gasteiger partial charge in [0.2, 0.25) is 5.91 Å². The van der Waals surface area contributed by atoms with Crippen LogP contribution in [0, 0.1) is 5.92 Å². The van der Waals surface area contributed by atoms with Crippen LogP contribution >= 0.6 is 0 Å². The molecule has 2 fully saturated rings. The summed E-state index contributed by atoms with van der Waals surface area (Å²) in [4.78, 5) is 14.5. The third-order valence-corrected chi connectivity index (χ3v) is 4.30. The van der Waals surface area contributed by atoms with Crippen LogP contribution in [0.25, 0.3) is 0 Å². The molecule has 0 bridgehead atoms. The number of amides is 1. The molecule has 0 spiro atoms. The molecule has 1 amide bonds. The molecule has 3 heteroatoms. The first kappa shape index (κ1) is 12.9. The number of piperidine rings is 1. The number of hydrogen-bond acceptors (Lipinski definition) is 2. The first-order chi connectivity index (χ1) is 8.27. The van der Waals surface area contributed by atoms with E-state index in [-0.39, 0.29) is 0 Å². The standard InChI is InChI=1S/C14H26N2O/c1-12-5-3-2-4-10-16(12)14(17)11-13-6-8-15-9-7-13/h12-13,15H,2-11H2,1H3. The smallest absolute Gasteiger partial charge is 0.223 e. The number of rotatable bonds is 2. The van der Waals surface area contributed by atoms with E-state index >= 15 is 0 Å². The Kier molecular flexibility index (Phi) is 4.84. The van der Waals surface area contributed by atoms with E-state index < -0.39 is 0 Å². The highest BCUT2D eigenvalue weighted by atomic mass is 16.2. The Balaban J connectivity index is 1.84. The second-order valence-corrected chi connectivity index (χ2v) is 5.68. The lowest BCUT2D eigenvalue weighted by Gasteiger charge is -2.30. The van der Waals surface area contributed by atoms with E-state index in [4.69, 9.17) is 0 Å². The maximum atomic E-state index is 12.3. The fourth-order valence-corrected chi connectivity index (χ4v) is 3.10. The largest absolute Gasteiger partial charge is 0.340 e. The van der Waals surface area contributed by atoms with Crippen LogP contribution in [0.5, 0.6) is 0 Å². The van der Waals surface area contributed by atoms with Crippen molar-refractivity contribution in [1.29, 1.82) is 0 Å². The molecule has 1 atom stereocenters. The van der Waals surface area contributed by atoms with Crippen molar-refractivity contribution in [3.05, 3.63) is 0 Å². The van der Waals surface area contributed by atoms with Crippen LogP contribution in [-0.4, -0.2) is 36.5 Å². The molecular formula is C14H26N2O. The van der Waals surface area contributed by atoms with Gasteiger partial charge in [0.1, 0.15) is 0 Å². The average molecular weight is 238 g/mol. The van der Waals surface area contributed by atoms with Gasteiger partial charge in [-0.05, 0) is 51.6 Å². The van der Waals surface area contributed by atoms with Gasteiger partial charge in [-0.2, -0.15) is 0 Å². The Labute approximate surface area is 105 Å². The van der Waals surface area contributed by atoms with Gasteiger partial charge in [-0.15, -0.1) is 0 Å². The molecule has 0 aromatic carbocycles. The van der Waals surface area contributed by atoms with Crippen LogP contribution in [0.4, 0.5) is 0 Å². The summed E-state index contributed by atoms with van der Waals surface area (Å²) in [5, 5.41) is 3.36. The highest BCUT2D eigenvalue weighted by Crippen LogP contribution is 2.21. The summed E-state index contributed by atoms with van der Waals surface area (Å²) < 4.78 is 0. The molecule has 2 saturated heterocycles. The normalized spacial score (nSPS) is 27.8. The summed E-state index contributed by atoms with van der Waals surface area (Å²) in [6.45, 7) is 5.39. The number of nitrogens with zero attached hydrogens (tertiary/aromatic N) is 1. The van der Waals surface area contributed by atoms with E-state index in [9.17, 15) is 4.79 Å². The van der Waals surface area contributed by atoms with E-state index in [2.05, 4.69) is 17.1 Å². The van der Waals surface area contributed by atoms with Gasteiger partial charge >= 0.3 is 0 Å². The van der Waals surface area contributed by atoms with Crippen molar-refractivity contribution in [3.63, 3.8) is 0 Å². The minimum absolute atomic E-state index is 0.409. The number of carbonyl (C=O) groups excluding carboxylic acids is 1. The summed E-state index contributed by atoms with van der Waals surface area (Å²) in [6, 6.07) is 0.465. The lowest BCUT2D eigenvalue weighted by molar-refractivity contribution is -0.134. The fourth-order valence-electron chi connectivity index (χ4n) is 3.10. The topological polar surface area (TPSA) is 32.3 Å². The Hall–Kier alpha value is -0.570. The zero-order valence-corrected chi connectivity index (χ0v) is 11.1. The molecule has 2 aliphatic rings. The van der Waals surface area contributed by atoms with Gasteiger partial charge in [-0.3, -0.25) is 4.79 Å². The van der Waals surface area contributed by atoms with Crippen molar-refractivity contribution in [3.8, 4) is 0 Å². The van der Waals surface area contributed by atoms with Gasteiger partial charge in [0.25, 0.3) is 0 Å². The lowest BCUT2D eigenvalue weighted by atomic mass is 9.94. The van der Waals surface area contributed by atoms with Crippen molar-refractivity contribution in [1.82, 2.24) is 10.2 Å². The van der Waals surface area contributed by atoms with Crippen LogP contribution in [0.3, 0.4) is 0 Å². The van der Waals surface area contributed by atoms with E-state index in [0.717, 1.165) is 26.1 Å². The monoisotopic (exact) mass is 238 g/mol. The molecule has 0 radical (unpaired) electrons. The van der Waals surface area contributed by atoms with Gasteiger partial charge in [0.05, 0.1) is 0 Å². The van der Waals surface area contributed by atoms with E-state index in [1.54, 1.807) is 0 Å². The van der Waals surface area contributed by atoms with Gasteiger partial charge in [-0.25, -0.2) is 0 Å².